The van der Waals surface area contributed by atoms with Gasteiger partial charge in [0.15, 0.2) is 0 Å². The zero-order chi connectivity index (χ0) is 15.0. The van der Waals surface area contributed by atoms with Crippen LogP contribution in [0.4, 0.5) is 5.82 Å². The van der Waals surface area contributed by atoms with Crippen LogP contribution in [-0.2, 0) is 6.42 Å². The summed E-state index contributed by atoms with van der Waals surface area (Å²) in [7, 11) is 4.12. The molecule has 5 heteroatoms. The number of hydrogen-bond acceptors (Lipinski definition) is 4. The van der Waals surface area contributed by atoms with Crippen molar-refractivity contribution in [2.75, 3.05) is 32.5 Å². The van der Waals surface area contributed by atoms with Crippen molar-refractivity contribution >= 4 is 11.8 Å². The summed E-state index contributed by atoms with van der Waals surface area (Å²) >= 11 is 0. The maximum absolute atomic E-state index is 11.1. The second kappa shape index (κ2) is 8.53. The monoisotopic (exact) mass is 279 g/mol. The molecule has 0 amide bonds. The third kappa shape index (κ3) is 6.02. The number of aryl methyl sites for hydroxylation is 1. The fourth-order valence-electron chi connectivity index (χ4n) is 1.96. The Morgan fingerprint density at radius 1 is 1.35 bits per heavy atom. The first kappa shape index (κ1) is 16.4. The zero-order valence-electron chi connectivity index (χ0n) is 12.6. The Hall–Kier alpha value is -1.62. The first-order valence-electron chi connectivity index (χ1n) is 7.15. The minimum atomic E-state index is -0.902. The Bertz CT molecular complexity index is 433. The van der Waals surface area contributed by atoms with E-state index in [1.165, 1.54) is 0 Å². The highest BCUT2D eigenvalue weighted by molar-refractivity contribution is 5.88. The van der Waals surface area contributed by atoms with Gasteiger partial charge in [-0.25, -0.2) is 9.78 Å². The van der Waals surface area contributed by atoms with E-state index in [1.54, 1.807) is 12.1 Å². The predicted molar refractivity (Wildman–Crippen MR) is 81.5 cm³/mol. The number of unbranched alkanes of at least 4 members (excludes halogenated alkanes) is 1. The lowest BCUT2D eigenvalue weighted by Crippen LogP contribution is -2.14. The Labute approximate surface area is 121 Å². The van der Waals surface area contributed by atoms with E-state index in [-0.39, 0.29) is 0 Å². The number of aromatic carboxylic acids is 1. The van der Waals surface area contributed by atoms with E-state index in [2.05, 4.69) is 36.2 Å². The standard InChI is InChI=1S/C15H25N3O2/c1-4-7-13-10-12(15(19)20)11-14(17-13)16-8-5-6-9-18(2)3/h10-11H,4-9H2,1-3H3,(H,16,17)(H,19,20). The molecule has 5 nitrogen and oxygen atoms in total. The molecule has 112 valence electrons. The number of hydrogen-bond donors (Lipinski definition) is 2. The van der Waals surface area contributed by atoms with Gasteiger partial charge in [0.25, 0.3) is 0 Å². The third-order valence-corrected chi connectivity index (χ3v) is 2.97. The van der Waals surface area contributed by atoms with Gasteiger partial charge < -0.3 is 15.3 Å². The summed E-state index contributed by atoms with van der Waals surface area (Å²) in [5.41, 5.74) is 1.14. The van der Waals surface area contributed by atoms with Crippen LogP contribution in [0.2, 0.25) is 0 Å². The van der Waals surface area contributed by atoms with Gasteiger partial charge in [-0.1, -0.05) is 13.3 Å². The summed E-state index contributed by atoms with van der Waals surface area (Å²) in [6, 6.07) is 3.26. The molecule has 0 unspecified atom stereocenters. The predicted octanol–water partition coefficient (Wildman–Crippen LogP) is 2.49. The molecule has 0 saturated heterocycles. The van der Waals surface area contributed by atoms with E-state index in [0.29, 0.717) is 11.4 Å². The number of pyridine rings is 1. The Balaban J connectivity index is 2.57. The average Bonchev–Trinajstić information content (AvgIpc) is 2.38. The van der Waals surface area contributed by atoms with Gasteiger partial charge in [-0.05, 0) is 52.0 Å². The van der Waals surface area contributed by atoms with Gasteiger partial charge >= 0.3 is 5.97 Å². The van der Waals surface area contributed by atoms with Crippen LogP contribution in [0.1, 0.15) is 42.2 Å². The quantitative estimate of drug-likeness (QED) is 0.680. The number of carbonyl (C=O) groups is 1. The number of nitrogens with one attached hydrogen (secondary N) is 1. The van der Waals surface area contributed by atoms with Crippen LogP contribution < -0.4 is 5.32 Å². The molecule has 1 heterocycles. The van der Waals surface area contributed by atoms with Crippen LogP contribution in [0.15, 0.2) is 12.1 Å². The zero-order valence-corrected chi connectivity index (χ0v) is 12.6. The normalized spacial score (nSPS) is 10.8. The van der Waals surface area contributed by atoms with Gasteiger partial charge in [-0.15, -0.1) is 0 Å². The lowest BCUT2D eigenvalue weighted by molar-refractivity contribution is 0.0696. The maximum atomic E-state index is 11.1. The Kier molecular flexibility index (Phi) is 7.01. The van der Waals surface area contributed by atoms with E-state index < -0.39 is 5.97 Å². The molecule has 1 aromatic rings. The molecular formula is C15H25N3O2. The summed E-state index contributed by atoms with van der Waals surface area (Å²) in [5.74, 6) is -0.237. The van der Waals surface area contributed by atoms with Crippen molar-refractivity contribution in [3.05, 3.63) is 23.4 Å². The molecule has 0 spiro atoms. The molecule has 0 radical (unpaired) electrons. The fourth-order valence-corrected chi connectivity index (χ4v) is 1.96. The van der Waals surface area contributed by atoms with Crippen LogP contribution in [0.5, 0.6) is 0 Å². The minimum absolute atomic E-state index is 0.305. The van der Waals surface area contributed by atoms with Crippen molar-refractivity contribution in [1.82, 2.24) is 9.88 Å². The van der Waals surface area contributed by atoms with E-state index >= 15 is 0 Å². The number of nitrogens with zero attached hydrogens (tertiary/aromatic N) is 2. The molecule has 1 rings (SSSR count). The van der Waals surface area contributed by atoms with Gasteiger partial charge in [0, 0.05) is 12.2 Å². The van der Waals surface area contributed by atoms with Crippen molar-refractivity contribution < 1.29 is 9.90 Å². The second-order valence-electron chi connectivity index (χ2n) is 5.22. The van der Waals surface area contributed by atoms with Crippen molar-refractivity contribution in [3.8, 4) is 0 Å². The van der Waals surface area contributed by atoms with Gasteiger partial charge in [0.05, 0.1) is 5.56 Å². The smallest absolute Gasteiger partial charge is 0.335 e. The first-order chi connectivity index (χ1) is 9.52. The van der Waals surface area contributed by atoms with Crippen LogP contribution >= 0.6 is 0 Å². The largest absolute Gasteiger partial charge is 0.478 e. The van der Waals surface area contributed by atoms with Crippen molar-refractivity contribution in [1.29, 1.82) is 0 Å². The molecule has 1 aromatic heterocycles. The lowest BCUT2D eigenvalue weighted by Gasteiger charge is -2.11. The molecule has 0 aliphatic rings. The molecule has 0 saturated carbocycles. The van der Waals surface area contributed by atoms with Crippen LogP contribution in [0.3, 0.4) is 0 Å². The Morgan fingerprint density at radius 3 is 2.70 bits per heavy atom. The number of carboxylic acids is 1. The molecule has 20 heavy (non-hydrogen) atoms. The minimum Gasteiger partial charge on any atom is -0.478 e. The lowest BCUT2D eigenvalue weighted by atomic mass is 10.1. The van der Waals surface area contributed by atoms with E-state index in [9.17, 15) is 4.79 Å². The fraction of sp³-hybridized carbons (Fsp3) is 0.600. The molecule has 0 atom stereocenters. The summed E-state index contributed by atoms with van der Waals surface area (Å²) in [4.78, 5) is 17.7. The summed E-state index contributed by atoms with van der Waals surface area (Å²) in [6.07, 6.45) is 3.91. The topological polar surface area (TPSA) is 65.5 Å². The maximum Gasteiger partial charge on any atom is 0.335 e. The Morgan fingerprint density at radius 2 is 2.10 bits per heavy atom. The van der Waals surface area contributed by atoms with E-state index in [1.807, 2.05) is 0 Å². The molecule has 2 N–H and O–H groups in total. The summed E-state index contributed by atoms with van der Waals surface area (Å²) < 4.78 is 0. The summed E-state index contributed by atoms with van der Waals surface area (Å²) in [6.45, 7) is 3.93. The molecule has 0 aromatic carbocycles. The number of anilines is 1. The van der Waals surface area contributed by atoms with Gasteiger partial charge in [0.2, 0.25) is 0 Å². The summed E-state index contributed by atoms with van der Waals surface area (Å²) in [5, 5.41) is 12.3. The van der Waals surface area contributed by atoms with Crippen molar-refractivity contribution in [3.63, 3.8) is 0 Å². The molecular weight excluding hydrogens is 254 g/mol. The average molecular weight is 279 g/mol. The van der Waals surface area contributed by atoms with Crippen molar-refractivity contribution in [2.45, 2.75) is 32.6 Å². The van der Waals surface area contributed by atoms with Gasteiger partial charge in [-0.3, -0.25) is 0 Å². The number of carboxylic acid groups (broad SMARTS) is 1. The van der Waals surface area contributed by atoms with E-state index in [0.717, 1.165) is 44.5 Å². The molecule has 0 bridgehead atoms. The van der Waals surface area contributed by atoms with Crippen LogP contribution in [-0.4, -0.2) is 48.1 Å². The molecule has 0 aliphatic carbocycles. The van der Waals surface area contributed by atoms with Gasteiger partial charge in [0.1, 0.15) is 5.82 Å². The van der Waals surface area contributed by atoms with Gasteiger partial charge in [-0.2, -0.15) is 0 Å². The number of aromatic nitrogens is 1. The highest BCUT2D eigenvalue weighted by Crippen LogP contribution is 2.12. The third-order valence-electron chi connectivity index (χ3n) is 2.97. The van der Waals surface area contributed by atoms with E-state index in [4.69, 9.17) is 5.11 Å². The second-order valence-corrected chi connectivity index (χ2v) is 5.22. The molecule has 0 fully saturated rings. The van der Waals surface area contributed by atoms with Crippen LogP contribution in [0.25, 0.3) is 0 Å². The highest BCUT2D eigenvalue weighted by atomic mass is 16.4. The number of rotatable bonds is 9. The van der Waals surface area contributed by atoms with Crippen molar-refractivity contribution in [2.24, 2.45) is 0 Å². The highest BCUT2D eigenvalue weighted by Gasteiger charge is 2.08. The first-order valence-corrected chi connectivity index (χ1v) is 7.15. The van der Waals surface area contributed by atoms with Crippen LogP contribution in [0, 0.1) is 0 Å². The SMILES string of the molecule is CCCc1cc(C(=O)O)cc(NCCCCN(C)C)n1. The molecule has 0 aliphatic heterocycles.